The van der Waals surface area contributed by atoms with Gasteiger partial charge < -0.3 is 5.11 Å². The number of hydrogen-bond donors (Lipinski definition) is 2. The standard InChI is InChI=1S/C11H12N2O2/c1-6(2)7-3-4-9-8(5-7)10(11(14)15)13-12-9/h3-6H,1-2H3,(H,12,13)(H,14,15). The monoisotopic (exact) mass is 204 g/mol. The number of aromatic amines is 1. The summed E-state index contributed by atoms with van der Waals surface area (Å²) in [5.74, 6) is -0.617. The first-order valence-corrected chi connectivity index (χ1v) is 4.81. The first-order valence-electron chi connectivity index (χ1n) is 4.81. The minimum atomic E-state index is -0.998. The molecule has 4 heteroatoms. The number of benzene rings is 1. The molecule has 15 heavy (non-hydrogen) atoms. The van der Waals surface area contributed by atoms with Crippen LogP contribution in [0.4, 0.5) is 0 Å². The molecule has 2 rings (SSSR count). The van der Waals surface area contributed by atoms with E-state index in [9.17, 15) is 4.79 Å². The van der Waals surface area contributed by atoms with E-state index in [-0.39, 0.29) is 5.69 Å². The number of H-pyrrole nitrogens is 1. The first-order chi connectivity index (χ1) is 7.09. The van der Waals surface area contributed by atoms with Crippen LogP contribution in [0.25, 0.3) is 10.9 Å². The van der Waals surface area contributed by atoms with E-state index in [0.717, 1.165) is 11.1 Å². The van der Waals surface area contributed by atoms with Crippen LogP contribution in [-0.4, -0.2) is 21.3 Å². The Hall–Kier alpha value is -1.84. The van der Waals surface area contributed by atoms with E-state index in [1.165, 1.54) is 0 Å². The minimum absolute atomic E-state index is 0.0903. The first kappa shape index (κ1) is 9.71. The predicted molar refractivity (Wildman–Crippen MR) is 57.1 cm³/mol. The molecule has 78 valence electrons. The highest BCUT2D eigenvalue weighted by Gasteiger charge is 2.13. The van der Waals surface area contributed by atoms with Gasteiger partial charge in [-0.25, -0.2) is 4.79 Å². The van der Waals surface area contributed by atoms with Crippen molar-refractivity contribution >= 4 is 16.9 Å². The normalized spacial score (nSPS) is 11.1. The maximum absolute atomic E-state index is 10.9. The quantitative estimate of drug-likeness (QED) is 0.789. The fraction of sp³-hybridized carbons (Fsp3) is 0.273. The van der Waals surface area contributed by atoms with Gasteiger partial charge in [-0.2, -0.15) is 5.10 Å². The van der Waals surface area contributed by atoms with Gasteiger partial charge in [-0.3, -0.25) is 5.10 Å². The topological polar surface area (TPSA) is 66.0 Å². The SMILES string of the molecule is CC(C)c1ccc2[nH]nc(C(=O)O)c2c1. The fourth-order valence-corrected chi connectivity index (χ4v) is 1.55. The van der Waals surface area contributed by atoms with Crippen molar-refractivity contribution in [2.45, 2.75) is 19.8 Å². The smallest absolute Gasteiger partial charge is 0.357 e. The van der Waals surface area contributed by atoms with Crippen LogP contribution in [0, 0.1) is 0 Å². The molecule has 0 amide bonds. The Morgan fingerprint density at radius 1 is 1.47 bits per heavy atom. The van der Waals surface area contributed by atoms with Gasteiger partial charge in [0.2, 0.25) is 0 Å². The van der Waals surface area contributed by atoms with Gasteiger partial charge >= 0.3 is 5.97 Å². The Bertz CT molecular complexity index is 514. The molecule has 1 aromatic heterocycles. The highest BCUT2D eigenvalue weighted by molar-refractivity contribution is 6.01. The number of carboxylic acids is 1. The number of aromatic carboxylic acids is 1. The minimum Gasteiger partial charge on any atom is -0.476 e. The Balaban J connectivity index is 2.66. The van der Waals surface area contributed by atoms with Crippen molar-refractivity contribution in [3.63, 3.8) is 0 Å². The highest BCUT2D eigenvalue weighted by Crippen LogP contribution is 2.22. The maximum Gasteiger partial charge on any atom is 0.357 e. The van der Waals surface area contributed by atoms with E-state index in [1.807, 2.05) is 18.2 Å². The number of aromatic nitrogens is 2. The number of hydrogen-bond acceptors (Lipinski definition) is 2. The van der Waals surface area contributed by atoms with E-state index < -0.39 is 5.97 Å². The molecule has 0 fully saturated rings. The van der Waals surface area contributed by atoms with Gasteiger partial charge in [0.05, 0.1) is 5.52 Å². The van der Waals surface area contributed by atoms with E-state index in [4.69, 9.17) is 5.11 Å². The van der Waals surface area contributed by atoms with Crippen LogP contribution < -0.4 is 0 Å². The molecule has 2 aromatic rings. The Morgan fingerprint density at radius 2 is 2.20 bits per heavy atom. The molecule has 0 bridgehead atoms. The summed E-state index contributed by atoms with van der Waals surface area (Å²) in [6.45, 7) is 4.14. The fourth-order valence-electron chi connectivity index (χ4n) is 1.55. The van der Waals surface area contributed by atoms with Gasteiger partial charge in [-0.15, -0.1) is 0 Å². The predicted octanol–water partition coefficient (Wildman–Crippen LogP) is 2.38. The van der Waals surface area contributed by atoms with Gasteiger partial charge in [0, 0.05) is 5.39 Å². The molecule has 0 saturated carbocycles. The lowest BCUT2D eigenvalue weighted by Crippen LogP contribution is -1.97. The Kier molecular flexibility index (Phi) is 2.19. The number of carbonyl (C=O) groups is 1. The lowest BCUT2D eigenvalue weighted by Gasteiger charge is -2.04. The summed E-state index contributed by atoms with van der Waals surface area (Å²) in [6.07, 6.45) is 0. The van der Waals surface area contributed by atoms with Crippen molar-refractivity contribution in [2.75, 3.05) is 0 Å². The third-order valence-corrected chi connectivity index (χ3v) is 2.46. The van der Waals surface area contributed by atoms with Crippen LogP contribution in [0.1, 0.15) is 35.8 Å². The van der Waals surface area contributed by atoms with Crippen molar-refractivity contribution in [3.05, 3.63) is 29.5 Å². The molecule has 1 heterocycles. The lowest BCUT2D eigenvalue weighted by atomic mass is 10.0. The molecule has 0 saturated heterocycles. The summed E-state index contributed by atoms with van der Waals surface area (Å²) in [5.41, 5.74) is 1.97. The van der Waals surface area contributed by atoms with Crippen LogP contribution in [0.15, 0.2) is 18.2 Å². The largest absolute Gasteiger partial charge is 0.476 e. The Labute approximate surface area is 86.9 Å². The van der Waals surface area contributed by atoms with Crippen molar-refractivity contribution in [1.82, 2.24) is 10.2 Å². The number of fused-ring (bicyclic) bond motifs is 1. The second-order valence-electron chi connectivity index (χ2n) is 3.84. The zero-order valence-corrected chi connectivity index (χ0v) is 8.61. The van der Waals surface area contributed by atoms with Gasteiger partial charge in [-0.1, -0.05) is 19.9 Å². The van der Waals surface area contributed by atoms with Gasteiger partial charge in [-0.05, 0) is 23.6 Å². The van der Waals surface area contributed by atoms with Gasteiger partial charge in [0.1, 0.15) is 0 Å². The maximum atomic E-state index is 10.9. The highest BCUT2D eigenvalue weighted by atomic mass is 16.4. The third-order valence-electron chi connectivity index (χ3n) is 2.46. The summed E-state index contributed by atoms with van der Waals surface area (Å²) >= 11 is 0. The zero-order valence-electron chi connectivity index (χ0n) is 8.61. The van der Waals surface area contributed by atoms with E-state index in [2.05, 4.69) is 24.0 Å². The van der Waals surface area contributed by atoms with Crippen molar-refractivity contribution in [2.24, 2.45) is 0 Å². The van der Waals surface area contributed by atoms with Crippen LogP contribution in [0.3, 0.4) is 0 Å². The van der Waals surface area contributed by atoms with Crippen LogP contribution in [0.5, 0.6) is 0 Å². The number of carboxylic acid groups (broad SMARTS) is 1. The second kappa shape index (κ2) is 3.38. The average molecular weight is 204 g/mol. The molecular formula is C11H12N2O2. The molecule has 0 aliphatic carbocycles. The molecule has 2 N–H and O–H groups in total. The van der Waals surface area contributed by atoms with Crippen LogP contribution in [0.2, 0.25) is 0 Å². The summed E-state index contributed by atoms with van der Waals surface area (Å²) in [7, 11) is 0. The van der Waals surface area contributed by atoms with Crippen LogP contribution in [-0.2, 0) is 0 Å². The van der Waals surface area contributed by atoms with Crippen molar-refractivity contribution in [1.29, 1.82) is 0 Å². The van der Waals surface area contributed by atoms with Gasteiger partial charge in [0.25, 0.3) is 0 Å². The van der Waals surface area contributed by atoms with E-state index >= 15 is 0 Å². The number of rotatable bonds is 2. The van der Waals surface area contributed by atoms with Gasteiger partial charge in [0.15, 0.2) is 5.69 Å². The molecule has 0 aliphatic rings. The molecular weight excluding hydrogens is 192 g/mol. The summed E-state index contributed by atoms with van der Waals surface area (Å²) < 4.78 is 0. The molecule has 0 radical (unpaired) electrons. The molecule has 1 aromatic carbocycles. The van der Waals surface area contributed by atoms with Crippen LogP contribution >= 0.6 is 0 Å². The average Bonchev–Trinajstić information content (AvgIpc) is 2.59. The third kappa shape index (κ3) is 1.58. The zero-order chi connectivity index (χ0) is 11.0. The molecule has 0 aliphatic heterocycles. The molecule has 0 atom stereocenters. The molecule has 4 nitrogen and oxygen atoms in total. The number of nitrogens with one attached hydrogen (secondary N) is 1. The summed E-state index contributed by atoms with van der Waals surface area (Å²) in [6, 6.07) is 5.73. The molecule has 0 unspecified atom stereocenters. The van der Waals surface area contributed by atoms with E-state index in [0.29, 0.717) is 11.3 Å². The molecule has 0 spiro atoms. The lowest BCUT2D eigenvalue weighted by molar-refractivity contribution is 0.0692. The summed E-state index contributed by atoms with van der Waals surface area (Å²) in [5, 5.41) is 16.1. The van der Waals surface area contributed by atoms with Crippen molar-refractivity contribution in [3.8, 4) is 0 Å². The Morgan fingerprint density at radius 3 is 2.80 bits per heavy atom. The summed E-state index contributed by atoms with van der Waals surface area (Å²) in [4.78, 5) is 10.9. The number of nitrogens with zero attached hydrogens (tertiary/aromatic N) is 1. The van der Waals surface area contributed by atoms with E-state index in [1.54, 1.807) is 0 Å². The van der Waals surface area contributed by atoms with Crippen molar-refractivity contribution < 1.29 is 9.90 Å². The second-order valence-corrected chi connectivity index (χ2v) is 3.84.